The summed E-state index contributed by atoms with van der Waals surface area (Å²) in [6.07, 6.45) is 17.6. The van der Waals surface area contributed by atoms with Gasteiger partial charge in [0.2, 0.25) is 0 Å². The summed E-state index contributed by atoms with van der Waals surface area (Å²) in [5.74, 6) is -0.880. The molecule has 1 heterocycles. The van der Waals surface area contributed by atoms with E-state index in [0.29, 0.717) is 38.6 Å². The number of carboxylic acids is 1. The van der Waals surface area contributed by atoms with Crippen LogP contribution in [-0.4, -0.2) is 63.3 Å². The summed E-state index contributed by atoms with van der Waals surface area (Å²) in [7, 11) is -7.02. The molecule has 1 aliphatic heterocycles. The van der Waals surface area contributed by atoms with Gasteiger partial charge in [-0.2, -0.15) is 8.42 Å². The lowest BCUT2D eigenvalue weighted by Crippen LogP contribution is -2.78. The van der Waals surface area contributed by atoms with Crippen molar-refractivity contribution in [2.24, 2.45) is 10.8 Å². The second-order valence-electron chi connectivity index (χ2n) is 17.7. The zero-order valence-electron chi connectivity index (χ0n) is 34.7. The molecule has 11 heteroatoms. The number of anilines is 1. The smallest absolute Gasteiger partial charge is 0.303 e. The number of quaternary nitrogens is 1. The lowest BCUT2D eigenvalue weighted by molar-refractivity contribution is -0.572. The molecule has 2 aromatic carbocycles. The number of aliphatic carboxylic acids is 1. The lowest BCUT2D eigenvalue weighted by Gasteiger charge is -2.51. The number of sulfone groups is 1. The molecule has 0 saturated heterocycles. The van der Waals surface area contributed by atoms with Crippen LogP contribution >= 0.6 is 0 Å². The van der Waals surface area contributed by atoms with E-state index < -0.39 is 31.3 Å². The van der Waals surface area contributed by atoms with Gasteiger partial charge in [-0.15, -0.1) is 0 Å². The molecule has 3 aliphatic rings. The maximum Gasteiger partial charge on any atom is 0.303 e. The lowest BCUT2D eigenvalue weighted by atomic mass is 9.52. The number of hydrogen-bond acceptors (Lipinski definition) is 6. The molecule has 5 rings (SSSR count). The Morgan fingerprint density at radius 1 is 0.860 bits per heavy atom. The Balaban J connectivity index is 1.44. The van der Waals surface area contributed by atoms with Crippen LogP contribution in [0, 0.1) is 10.8 Å². The molecular formula is C46H63N2O7S2+. The zero-order valence-corrected chi connectivity index (χ0v) is 36.3. The Morgan fingerprint density at radius 2 is 1.53 bits per heavy atom. The van der Waals surface area contributed by atoms with E-state index in [1.54, 1.807) is 0 Å². The summed E-state index contributed by atoms with van der Waals surface area (Å²) in [6, 6.07) is 16.8. The van der Waals surface area contributed by atoms with Crippen molar-refractivity contribution in [2.75, 3.05) is 35.8 Å². The summed E-state index contributed by atoms with van der Waals surface area (Å²) < 4.78 is 55.4. The van der Waals surface area contributed by atoms with Gasteiger partial charge in [0.25, 0.3) is 10.1 Å². The number of nitrogens with two attached hydrogens (primary N) is 1. The van der Waals surface area contributed by atoms with Gasteiger partial charge in [-0.3, -0.25) is 9.35 Å². The minimum atomic E-state index is -4.00. The largest absolute Gasteiger partial charge is 0.481 e. The molecule has 0 radical (unpaired) electrons. The molecule has 2 aliphatic carbocycles. The van der Waals surface area contributed by atoms with Gasteiger partial charge in [0.1, 0.15) is 15.5 Å². The zero-order chi connectivity index (χ0) is 41.9. The number of carbonyl (C=O) groups is 1. The van der Waals surface area contributed by atoms with E-state index in [0.717, 1.165) is 48.2 Å². The first-order valence-electron chi connectivity index (χ1n) is 20.3. The van der Waals surface area contributed by atoms with Gasteiger partial charge >= 0.3 is 5.97 Å². The molecule has 4 N–H and O–H groups in total. The minimum Gasteiger partial charge on any atom is -0.481 e. The number of allylic oxidation sites excluding steroid dienone is 9. The Kier molecular flexibility index (Phi) is 13.4. The van der Waals surface area contributed by atoms with Crippen LogP contribution in [0.5, 0.6) is 0 Å². The van der Waals surface area contributed by atoms with E-state index in [2.05, 4.69) is 118 Å². The number of para-hydroxylation sites is 2. The Labute approximate surface area is 341 Å². The van der Waals surface area contributed by atoms with E-state index in [1.807, 2.05) is 12.1 Å². The normalized spacial score (nSPS) is 25.4. The highest BCUT2D eigenvalue weighted by Gasteiger charge is 2.55. The van der Waals surface area contributed by atoms with E-state index in [1.165, 1.54) is 28.8 Å². The molecule has 0 bridgehead atoms. The van der Waals surface area contributed by atoms with Crippen LogP contribution in [0.2, 0.25) is 0 Å². The molecule has 57 heavy (non-hydrogen) atoms. The third kappa shape index (κ3) is 9.75. The number of carboxylic acid groups (broad SMARTS) is 1. The van der Waals surface area contributed by atoms with Crippen LogP contribution in [-0.2, 0) is 35.6 Å². The first-order chi connectivity index (χ1) is 26.6. The van der Waals surface area contributed by atoms with E-state index >= 15 is 0 Å². The molecule has 0 aromatic heterocycles. The summed E-state index contributed by atoms with van der Waals surface area (Å²) in [5, 5.41) is 11.7. The molecule has 2 aromatic rings. The number of hydrogen-bond donors (Lipinski definition) is 3. The van der Waals surface area contributed by atoms with E-state index in [4.69, 9.17) is 4.55 Å². The second kappa shape index (κ2) is 17.2. The quantitative estimate of drug-likeness (QED) is 0.0774. The molecule has 9 nitrogen and oxygen atoms in total. The molecular weight excluding hydrogens is 757 g/mol. The maximum atomic E-state index is 11.9. The Bertz CT molecular complexity index is 2200. The van der Waals surface area contributed by atoms with E-state index in [-0.39, 0.29) is 34.2 Å². The van der Waals surface area contributed by atoms with Crippen molar-refractivity contribution in [3.05, 3.63) is 119 Å². The average molecular weight is 820 g/mol. The monoisotopic (exact) mass is 819 g/mol. The minimum absolute atomic E-state index is 0.0859. The highest BCUT2D eigenvalue weighted by atomic mass is 32.2. The third-order valence-electron chi connectivity index (χ3n) is 13.3. The highest BCUT2D eigenvalue weighted by Crippen LogP contribution is 2.61. The summed E-state index contributed by atoms with van der Waals surface area (Å²) in [6.45, 7) is 17.5. The Morgan fingerprint density at radius 3 is 2.21 bits per heavy atom. The van der Waals surface area contributed by atoms with Crippen molar-refractivity contribution >= 4 is 37.3 Å². The van der Waals surface area contributed by atoms with Crippen molar-refractivity contribution < 1.29 is 36.6 Å². The van der Waals surface area contributed by atoms with E-state index in [9.17, 15) is 26.7 Å². The SMILES string of the molecule is C=C1C=C(/C=C/C=C2/C=C3N(CCCCS(C)(=O)=O)c4ccccc4C3(C)C(C)(C)C2)CC(C)(CCCC(=O)O)C1(C)c1ccccc1[NH2+]CCCCS(=O)(=O)O. The van der Waals surface area contributed by atoms with Gasteiger partial charge in [-0.05, 0) is 110 Å². The van der Waals surface area contributed by atoms with Crippen LogP contribution in [0.4, 0.5) is 11.4 Å². The average Bonchev–Trinajstić information content (AvgIpc) is 3.36. The van der Waals surface area contributed by atoms with Crippen molar-refractivity contribution in [3.8, 4) is 0 Å². The molecule has 310 valence electrons. The van der Waals surface area contributed by atoms with Crippen LogP contribution in [0.3, 0.4) is 0 Å². The molecule has 0 amide bonds. The van der Waals surface area contributed by atoms with Crippen LogP contribution in [0.15, 0.2) is 108 Å². The van der Waals surface area contributed by atoms with Gasteiger partial charge in [-0.1, -0.05) is 95.0 Å². The molecule has 0 fully saturated rings. The van der Waals surface area contributed by atoms with Gasteiger partial charge < -0.3 is 15.3 Å². The first-order valence-corrected chi connectivity index (χ1v) is 23.9. The topological polar surface area (TPSA) is 146 Å². The number of benzene rings is 2. The molecule has 0 saturated carbocycles. The number of fused-ring (bicyclic) bond motifs is 3. The van der Waals surface area contributed by atoms with Crippen LogP contribution < -0.4 is 10.2 Å². The highest BCUT2D eigenvalue weighted by molar-refractivity contribution is 7.90. The first kappa shape index (κ1) is 44.3. The third-order valence-corrected chi connectivity index (χ3v) is 15.1. The molecule has 3 atom stereocenters. The Hall–Kier alpha value is -3.77. The number of unbranched alkanes of at least 4 members (excludes halogenated alkanes) is 2. The number of nitrogens with zero attached hydrogens (tertiary/aromatic N) is 1. The molecule has 3 unspecified atom stereocenters. The van der Waals surface area contributed by atoms with Crippen molar-refractivity contribution in [2.45, 2.75) is 103 Å². The number of rotatable bonds is 18. The van der Waals surface area contributed by atoms with Crippen molar-refractivity contribution in [1.82, 2.24) is 0 Å². The fourth-order valence-corrected chi connectivity index (χ4v) is 10.9. The summed E-state index contributed by atoms with van der Waals surface area (Å²) >= 11 is 0. The van der Waals surface area contributed by atoms with Crippen LogP contribution in [0.1, 0.15) is 104 Å². The standard InChI is InChI=1S/C46H62N2O7S2/c1-34-30-35(33-44(4,25-17-24-42(49)50)45(34,5)37-20-8-10-22-39(37)47-26-12-14-29-57(53,54)55)18-16-19-36-31-41-46(6,43(2,3)32-36)38-21-9-11-23-40(38)48(41)27-13-15-28-56(7,51)52/h8-11,16,18-23,30-31,47H,1,12-15,17,24-29,32-33H2,2-7H3,(H,49,50)(H,53,54,55)/p+1/b18-16+,36-19-. The predicted molar refractivity (Wildman–Crippen MR) is 231 cm³/mol. The van der Waals surface area contributed by atoms with Gasteiger partial charge in [0.05, 0.1) is 12.3 Å². The second-order valence-corrected chi connectivity index (χ2v) is 21.6. The van der Waals surface area contributed by atoms with Gasteiger partial charge in [0.15, 0.2) is 0 Å². The van der Waals surface area contributed by atoms with Crippen molar-refractivity contribution in [1.29, 1.82) is 0 Å². The van der Waals surface area contributed by atoms with Gasteiger partial charge in [-0.25, -0.2) is 8.42 Å². The fraction of sp³-hybridized carbons (Fsp3) is 0.500. The summed E-state index contributed by atoms with van der Waals surface area (Å²) in [5.41, 5.74) is 8.06. The fourth-order valence-electron chi connectivity index (χ4n) is 9.62. The van der Waals surface area contributed by atoms with Gasteiger partial charge in [0, 0.05) is 52.8 Å². The van der Waals surface area contributed by atoms with Crippen LogP contribution in [0.25, 0.3) is 0 Å². The van der Waals surface area contributed by atoms with Crippen molar-refractivity contribution in [3.63, 3.8) is 0 Å². The predicted octanol–water partition coefficient (Wildman–Crippen LogP) is 8.35. The summed E-state index contributed by atoms with van der Waals surface area (Å²) in [4.78, 5) is 14.1. The maximum absolute atomic E-state index is 11.9. The molecule has 0 spiro atoms.